The maximum Gasteiger partial charge on any atom is 0.252 e. The van der Waals surface area contributed by atoms with Gasteiger partial charge in [-0.2, -0.15) is 5.10 Å². The molecule has 9 heteroatoms. The Kier molecular flexibility index (Phi) is 6.75. The minimum Gasteiger partial charge on any atom is -0.366 e. The number of rotatable bonds is 8. The number of pyridine rings is 1. The summed E-state index contributed by atoms with van der Waals surface area (Å²) in [6.07, 6.45) is 8.15. The molecule has 2 atom stereocenters. The van der Waals surface area contributed by atoms with E-state index in [9.17, 15) is 4.79 Å². The van der Waals surface area contributed by atoms with Gasteiger partial charge in [-0.05, 0) is 31.0 Å². The summed E-state index contributed by atoms with van der Waals surface area (Å²) >= 11 is 0. The molecule has 0 saturated heterocycles. The van der Waals surface area contributed by atoms with Gasteiger partial charge in [-0.1, -0.05) is 18.9 Å². The lowest BCUT2D eigenvalue weighted by molar-refractivity contribution is 0.100. The van der Waals surface area contributed by atoms with Crippen molar-refractivity contribution in [2.75, 3.05) is 16.1 Å². The van der Waals surface area contributed by atoms with Crippen LogP contribution < -0.4 is 27.5 Å². The predicted molar refractivity (Wildman–Crippen MR) is 117 cm³/mol. The van der Waals surface area contributed by atoms with E-state index in [0.717, 1.165) is 43.3 Å². The lowest BCUT2D eigenvalue weighted by atomic mass is 9.91. The first-order valence-corrected chi connectivity index (χ1v) is 9.54. The maximum absolute atomic E-state index is 11.9. The fraction of sp³-hybridized carbons (Fsp3) is 0.300. The molecule has 1 aromatic heterocycles. The zero-order valence-electron chi connectivity index (χ0n) is 16.1. The predicted octanol–water partition coefficient (Wildman–Crippen LogP) is 2.65. The number of hydrogen-bond acceptors (Lipinski definition) is 8. The largest absolute Gasteiger partial charge is 0.366 e. The fourth-order valence-corrected chi connectivity index (χ4v) is 3.33. The Bertz CT molecular complexity index is 898. The number of amides is 1. The molecule has 1 saturated carbocycles. The van der Waals surface area contributed by atoms with Crippen molar-refractivity contribution in [3.63, 3.8) is 0 Å². The van der Waals surface area contributed by atoms with E-state index in [1.807, 2.05) is 24.3 Å². The second-order valence-electron chi connectivity index (χ2n) is 6.94. The van der Waals surface area contributed by atoms with Gasteiger partial charge in [0.15, 0.2) is 0 Å². The summed E-state index contributed by atoms with van der Waals surface area (Å²) in [6, 6.07) is 9.39. The third-order valence-corrected chi connectivity index (χ3v) is 4.81. The van der Waals surface area contributed by atoms with Crippen molar-refractivity contribution in [3.05, 3.63) is 42.1 Å². The Balaban J connectivity index is 1.81. The van der Waals surface area contributed by atoms with Crippen LogP contribution >= 0.6 is 0 Å². The molecule has 152 valence electrons. The number of benzene rings is 1. The van der Waals surface area contributed by atoms with Crippen LogP contribution in [0.25, 0.3) is 0 Å². The van der Waals surface area contributed by atoms with Crippen LogP contribution in [-0.2, 0) is 0 Å². The molecule has 1 amide bonds. The molecule has 1 aliphatic carbocycles. The van der Waals surface area contributed by atoms with Crippen LogP contribution in [-0.4, -0.2) is 35.4 Å². The molecule has 3 rings (SSSR count). The molecular weight excluding hydrogens is 368 g/mol. The van der Waals surface area contributed by atoms with Crippen molar-refractivity contribution in [2.45, 2.75) is 37.8 Å². The summed E-state index contributed by atoms with van der Waals surface area (Å²) in [5.41, 5.74) is 16.9. The van der Waals surface area contributed by atoms with Crippen LogP contribution in [0.15, 0.2) is 41.6 Å². The number of primary amides is 1. The van der Waals surface area contributed by atoms with Crippen LogP contribution in [0, 0.1) is 5.41 Å². The van der Waals surface area contributed by atoms with Crippen LogP contribution in [0.5, 0.6) is 0 Å². The lowest BCUT2D eigenvalue weighted by Crippen LogP contribution is -2.42. The van der Waals surface area contributed by atoms with Gasteiger partial charge in [-0.25, -0.2) is 4.98 Å². The van der Waals surface area contributed by atoms with E-state index in [4.69, 9.17) is 16.9 Å². The number of nitrogens with one attached hydrogen (secondary N) is 4. The first-order chi connectivity index (χ1) is 14.1. The summed E-state index contributed by atoms with van der Waals surface area (Å²) in [5.74, 6) is 0.0792. The van der Waals surface area contributed by atoms with Crippen LogP contribution in [0.2, 0.25) is 0 Å². The average molecular weight is 394 g/mol. The van der Waals surface area contributed by atoms with E-state index in [2.05, 4.69) is 26.1 Å². The summed E-state index contributed by atoms with van der Waals surface area (Å²) in [4.78, 5) is 16.2. The molecule has 0 aliphatic heterocycles. The van der Waals surface area contributed by atoms with Crippen LogP contribution in [0.4, 0.5) is 22.9 Å². The molecule has 0 bridgehead atoms. The van der Waals surface area contributed by atoms with E-state index >= 15 is 0 Å². The number of aromatic nitrogens is 1. The van der Waals surface area contributed by atoms with Crippen LogP contribution in [0.3, 0.4) is 0 Å². The van der Waals surface area contributed by atoms with Gasteiger partial charge in [0.1, 0.15) is 5.82 Å². The Hall–Kier alpha value is -3.46. The molecule has 9 nitrogen and oxygen atoms in total. The quantitative estimate of drug-likeness (QED) is 0.299. The van der Waals surface area contributed by atoms with Gasteiger partial charge >= 0.3 is 0 Å². The minimum absolute atomic E-state index is 0.0852. The minimum atomic E-state index is -0.564. The molecule has 8 N–H and O–H groups in total. The summed E-state index contributed by atoms with van der Waals surface area (Å²) in [5, 5.41) is 17.5. The van der Waals surface area contributed by atoms with Crippen molar-refractivity contribution in [3.8, 4) is 0 Å². The zero-order valence-corrected chi connectivity index (χ0v) is 16.1. The van der Waals surface area contributed by atoms with E-state index in [0.29, 0.717) is 17.1 Å². The second-order valence-corrected chi connectivity index (χ2v) is 6.94. The molecule has 2 aromatic rings. The SMILES string of the molecule is N=C/C=N\Nc1cccc(Nc2cc(NC3CCCCC3N)ncc2C(N)=O)c1. The summed E-state index contributed by atoms with van der Waals surface area (Å²) in [6.45, 7) is 0. The fourth-order valence-electron chi connectivity index (χ4n) is 3.33. The van der Waals surface area contributed by atoms with Gasteiger partial charge in [-0.15, -0.1) is 0 Å². The number of nitrogens with two attached hydrogens (primary N) is 2. The number of carbonyl (C=O) groups is 1. The second kappa shape index (κ2) is 9.65. The Morgan fingerprint density at radius 2 is 2.03 bits per heavy atom. The number of carbonyl (C=O) groups excluding carboxylic acids is 1. The molecule has 1 heterocycles. The van der Waals surface area contributed by atoms with E-state index in [1.165, 1.54) is 12.4 Å². The van der Waals surface area contributed by atoms with E-state index in [1.54, 1.807) is 6.07 Å². The van der Waals surface area contributed by atoms with Crippen molar-refractivity contribution in [2.24, 2.45) is 16.6 Å². The molecule has 1 aromatic carbocycles. The monoisotopic (exact) mass is 394 g/mol. The number of hydrazone groups is 1. The third-order valence-electron chi connectivity index (χ3n) is 4.81. The smallest absolute Gasteiger partial charge is 0.252 e. The van der Waals surface area contributed by atoms with Gasteiger partial charge in [0.2, 0.25) is 0 Å². The van der Waals surface area contributed by atoms with E-state index < -0.39 is 5.91 Å². The highest BCUT2D eigenvalue weighted by Crippen LogP contribution is 2.26. The van der Waals surface area contributed by atoms with E-state index in [-0.39, 0.29) is 12.1 Å². The highest BCUT2D eigenvalue weighted by molar-refractivity contribution is 6.14. The van der Waals surface area contributed by atoms with Gasteiger partial charge in [0.25, 0.3) is 5.91 Å². The highest BCUT2D eigenvalue weighted by atomic mass is 16.1. The molecular formula is C20H26N8O. The summed E-state index contributed by atoms with van der Waals surface area (Å²) in [7, 11) is 0. The van der Waals surface area contributed by atoms with Crippen molar-refractivity contribution >= 4 is 41.2 Å². The molecule has 1 fully saturated rings. The first kappa shape index (κ1) is 20.3. The van der Waals surface area contributed by atoms with Gasteiger partial charge in [-0.3, -0.25) is 10.2 Å². The average Bonchev–Trinajstić information content (AvgIpc) is 2.70. The standard InChI is InChI=1S/C20H26N8O/c21-8-9-25-28-14-5-3-4-13(10-14)26-18-11-19(24-12-15(18)20(23)29)27-17-7-2-1-6-16(17)22/h3-5,8-12,16-17,21,28H,1-2,6-7,22H2,(H2,23,29)(H2,24,26,27)/b21-8?,25-9-. The number of anilines is 4. The lowest BCUT2D eigenvalue weighted by Gasteiger charge is -2.29. The van der Waals surface area contributed by atoms with Gasteiger partial charge in [0, 0.05) is 36.2 Å². The van der Waals surface area contributed by atoms with Crippen LogP contribution in [0.1, 0.15) is 36.0 Å². The Morgan fingerprint density at radius 3 is 2.79 bits per heavy atom. The topological polar surface area (TPSA) is 154 Å². The molecule has 0 spiro atoms. The first-order valence-electron chi connectivity index (χ1n) is 9.54. The Labute approximate surface area is 169 Å². The van der Waals surface area contributed by atoms with Crippen molar-refractivity contribution < 1.29 is 4.79 Å². The van der Waals surface area contributed by atoms with Gasteiger partial charge < -0.3 is 27.5 Å². The van der Waals surface area contributed by atoms with Crippen molar-refractivity contribution in [1.82, 2.24) is 4.98 Å². The molecule has 1 aliphatic rings. The maximum atomic E-state index is 11.9. The zero-order chi connectivity index (χ0) is 20.6. The molecule has 2 unspecified atom stereocenters. The molecule has 0 radical (unpaired) electrons. The highest BCUT2D eigenvalue weighted by Gasteiger charge is 2.22. The number of hydrogen-bond donors (Lipinski definition) is 6. The van der Waals surface area contributed by atoms with Crippen molar-refractivity contribution in [1.29, 1.82) is 5.41 Å². The summed E-state index contributed by atoms with van der Waals surface area (Å²) < 4.78 is 0. The Morgan fingerprint density at radius 1 is 1.24 bits per heavy atom. The normalized spacial score (nSPS) is 18.9. The molecule has 29 heavy (non-hydrogen) atoms. The third kappa shape index (κ3) is 5.52. The van der Waals surface area contributed by atoms with Gasteiger partial charge in [0.05, 0.1) is 23.2 Å². The number of nitrogens with zero attached hydrogens (tertiary/aromatic N) is 2.